The maximum absolute atomic E-state index is 11.5. The molecule has 4 aromatic carbocycles. The predicted molar refractivity (Wildman–Crippen MR) is 305 cm³/mol. The van der Waals surface area contributed by atoms with Crippen LogP contribution >= 0.6 is 93.1 Å². The zero-order chi connectivity index (χ0) is 51.9. The van der Waals surface area contributed by atoms with Crippen molar-refractivity contribution >= 4 is 147 Å². The SMILES string of the molecule is CC(C)(C)[Si](OCc1cnc(Br)s1)(c1ccccc1)c1ccccc1.CC(C)(C)[Si](OCc1cnc(S(N)(=O)=O)s1)(c1ccccc1)c1ccccc1.COC(=O)c1cnc(Br)s1.OCc1cnc(Br)s1. The van der Waals surface area contributed by atoms with Crippen LogP contribution < -0.4 is 25.9 Å². The highest BCUT2D eigenvalue weighted by Gasteiger charge is 2.51. The van der Waals surface area contributed by atoms with Crippen molar-refractivity contribution in [3.63, 3.8) is 0 Å². The Labute approximate surface area is 459 Å². The molecule has 3 N–H and O–H groups in total. The molecule has 12 nitrogen and oxygen atoms in total. The number of esters is 1. The summed E-state index contributed by atoms with van der Waals surface area (Å²) < 4.78 is 43.5. The average molecular weight is 1280 g/mol. The molecule has 0 saturated heterocycles. The van der Waals surface area contributed by atoms with Gasteiger partial charge in [0.1, 0.15) is 4.88 Å². The Morgan fingerprint density at radius 2 is 0.901 bits per heavy atom. The van der Waals surface area contributed by atoms with Crippen LogP contribution in [-0.2, 0) is 43.4 Å². The number of carbonyl (C=O) groups is 1. The van der Waals surface area contributed by atoms with Crippen molar-refractivity contribution in [1.82, 2.24) is 19.9 Å². The number of aromatic nitrogens is 4. The van der Waals surface area contributed by atoms with E-state index in [2.05, 4.69) is 199 Å². The molecule has 0 fully saturated rings. The van der Waals surface area contributed by atoms with E-state index in [1.165, 1.54) is 62.9 Å². The molecule has 8 aromatic rings. The zero-order valence-corrected chi connectivity index (χ0v) is 50.8. The first-order chi connectivity index (χ1) is 33.6. The second-order valence-electron chi connectivity index (χ2n) is 17.3. The molecule has 0 aliphatic rings. The maximum Gasteiger partial charge on any atom is 0.349 e. The summed E-state index contributed by atoms with van der Waals surface area (Å²) in [6, 6.07) is 42.0. The molecule has 0 radical (unpaired) electrons. The molecular formula is C49H54Br3N5O7S5Si2. The lowest BCUT2D eigenvalue weighted by Gasteiger charge is -2.42. The number of sulfonamides is 1. The number of nitrogens with zero attached hydrogens (tertiary/aromatic N) is 4. The molecule has 0 amide bonds. The number of rotatable bonds is 13. The van der Waals surface area contributed by atoms with E-state index in [-0.39, 0.29) is 33.6 Å². The number of benzene rings is 4. The Hall–Kier alpha value is -3.47. The van der Waals surface area contributed by atoms with Crippen molar-refractivity contribution in [1.29, 1.82) is 0 Å². The fourth-order valence-corrected chi connectivity index (χ4v) is 22.0. The summed E-state index contributed by atoms with van der Waals surface area (Å²) in [4.78, 5) is 29.9. The fourth-order valence-electron chi connectivity index (χ4n) is 7.52. The highest BCUT2D eigenvalue weighted by molar-refractivity contribution is 9.11. The minimum absolute atomic E-state index is 0.00235. The molecule has 0 spiro atoms. The third-order valence-corrected chi connectivity index (χ3v) is 27.2. The summed E-state index contributed by atoms with van der Waals surface area (Å²) in [7, 11) is -7.59. The first-order valence-corrected chi connectivity index (χ1v) is 32.6. The van der Waals surface area contributed by atoms with Crippen LogP contribution in [0.2, 0.25) is 10.1 Å². The van der Waals surface area contributed by atoms with Gasteiger partial charge in [0, 0.05) is 23.5 Å². The number of aliphatic hydroxyl groups is 1. The number of carbonyl (C=O) groups excluding carboxylic acids is 1. The number of aliphatic hydroxyl groups excluding tert-OH is 1. The van der Waals surface area contributed by atoms with Crippen LogP contribution in [0.1, 0.15) is 65.8 Å². The Morgan fingerprint density at radius 3 is 1.17 bits per heavy atom. The first kappa shape index (κ1) is 58.4. The van der Waals surface area contributed by atoms with Crippen LogP contribution in [0, 0.1) is 0 Å². The van der Waals surface area contributed by atoms with Gasteiger partial charge in [-0.3, -0.25) is 0 Å². The van der Waals surface area contributed by atoms with Crippen LogP contribution in [0.25, 0.3) is 0 Å². The summed E-state index contributed by atoms with van der Waals surface area (Å²) in [5.41, 5.74) is 0. The van der Waals surface area contributed by atoms with Gasteiger partial charge in [0.05, 0.1) is 42.9 Å². The molecule has 0 atom stereocenters. The number of methoxy groups -OCH3 is 1. The lowest BCUT2D eigenvalue weighted by atomic mass is 10.2. The molecule has 22 heteroatoms. The Kier molecular flexibility index (Phi) is 21.9. The lowest BCUT2D eigenvalue weighted by molar-refractivity contribution is 0.0606. The topological polar surface area (TPSA) is 177 Å². The van der Waals surface area contributed by atoms with Crippen LogP contribution in [0.15, 0.2) is 162 Å². The third kappa shape index (κ3) is 15.8. The van der Waals surface area contributed by atoms with Crippen molar-refractivity contribution in [3.8, 4) is 0 Å². The van der Waals surface area contributed by atoms with Gasteiger partial charge in [-0.15, -0.1) is 45.3 Å². The van der Waals surface area contributed by atoms with E-state index in [9.17, 15) is 13.2 Å². The molecule has 0 aliphatic heterocycles. The van der Waals surface area contributed by atoms with Gasteiger partial charge >= 0.3 is 5.97 Å². The molecule has 376 valence electrons. The van der Waals surface area contributed by atoms with Gasteiger partial charge in [0.2, 0.25) is 4.34 Å². The number of hydrogen-bond acceptors (Lipinski definition) is 15. The monoisotopic (exact) mass is 1280 g/mol. The summed E-state index contributed by atoms with van der Waals surface area (Å²) >= 11 is 15.1. The third-order valence-electron chi connectivity index (χ3n) is 10.5. The molecule has 4 heterocycles. The van der Waals surface area contributed by atoms with E-state index in [4.69, 9.17) is 19.1 Å². The molecule has 0 aliphatic carbocycles. The highest BCUT2D eigenvalue weighted by Crippen LogP contribution is 2.39. The van der Waals surface area contributed by atoms with E-state index in [0.717, 1.165) is 33.8 Å². The molecule has 8 rings (SSSR count). The number of primary sulfonamides is 1. The highest BCUT2D eigenvalue weighted by atomic mass is 79.9. The van der Waals surface area contributed by atoms with E-state index in [1.807, 2.05) is 42.6 Å². The normalized spacial score (nSPS) is 11.8. The minimum atomic E-state index is -3.81. The number of halogens is 3. The second-order valence-corrected chi connectivity index (χ2v) is 35.9. The number of ether oxygens (including phenoxy) is 1. The van der Waals surface area contributed by atoms with Gasteiger partial charge in [-0.25, -0.2) is 38.3 Å². The molecular weight excluding hydrogens is 1230 g/mol. The number of hydrogen-bond donors (Lipinski definition) is 2. The van der Waals surface area contributed by atoms with Gasteiger partial charge in [-0.05, 0) is 78.6 Å². The van der Waals surface area contributed by atoms with Crippen molar-refractivity contribution < 1.29 is 31.9 Å². The van der Waals surface area contributed by atoms with Crippen LogP contribution in [0.5, 0.6) is 0 Å². The molecule has 0 bridgehead atoms. The lowest BCUT2D eigenvalue weighted by Crippen LogP contribution is -2.66. The predicted octanol–water partition coefficient (Wildman–Crippen LogP) is 10.9. The average Bonchev–Trinajstić information content (AvgIpc) is 4.19. The molecule has 71 heavy (non-hydrogen) atoms. The van der Waals surface area contributed by atoms with Gasteiger partial charge in [0.15, 0.2) is 11.8 Å². The van der Waals surface area contributed by atoms with Crippen molar-refractivity contribution in [2.45, 2.75) is 75.8 Å². The van der Waals surface area contributed by atoms with Gasteiger partial charge in [-0.2, -0.15) is 0 Å². The van der Waals surface area contributed by atoms with E-state index in [1.54, 1.807) is 17.5 Å². The Morgan fingerprint density at radius 1 is 0.563 bits per heavy atom. The van der Waals surface area contributed by atoms with Crippen LogP contribution in [-0.4, -0.2) is 63.2 Å². The Balaban J connectivity index is 0.000000197. The summed E-state index contributed by atoms with van der Waals surface area (Å²) in [6.45, 7) is 14.4. The van der Waals surface area contributed by atoms with Crippen molar-refractivity contribution in [2.24, 2.45) is 5.14 Å². The van der Waals surface area contributed by atoms with Crippen molar-refractivity contribution in [3.05, 3.63) is 177 Å². The van der Waals surface area contributed by atoms with Crippen LogP contribution in [0.4, 0.5) is 0 Å². The number of nitrogens with two attached hydrogens (primary N) is 1. The minimum Gasteiger partial charge on any atom is -0.465 e. The summed E-state index contributed by atoms with van der Waals surface area (Å²) in [6.07, 6.45) is 6.55. The smallest absolute Gasteiger partial charge is 0.349 e. The van der Waals surface area contributed by atoms with E-state index in [0.29, 0.717) is 15.4 Å². The second kappa shape index (κ2) is 26.7. The van der Waals surface area contributed by atoms with E-state index >= 15 is 0 Å². The van der Waals surface area contributed by atoms with E-state index < -0.39 is 26.7 Å². The maximum atomic E-state index is 11.5. The van der Waals surface area contributed by atoms with Gasteiger partial charge in [0.25, 0.3) is 26.7 Å². The number of thiazole rings is 4. The molecule has 0 unspecified atom stereocenters. The molecule has 4 aromatic heterocycles. The largest absolute Gasteiger partial charge is 0.465 e. The fraction of sp³-hybridized carbons (Fsp3) is 0.245. The zero-order valence-electron chi connectivity index (χ0n) is 39.9. The van der Waals surface area contributed by atoms with Gasteiger partial charge < -0.3 is 18.7 Å². The first-order valence-electron chi connectivity index (χ1n) is 21.6. The quantitative estimate of drug-likeness (QED) is 0.0830. The van der Waals surface area contributed by atoms with Crippen molar-refractivity contribution in [2.75, 3.05) is 7.11 Å². The van der Waals surface area contributed by atoms with Crippen LogP contribution in [0.3, 0.4) is 0 Å². The Bertz CT molecular complexity index is 2910. The van der Waals surface area contributed by atoms with Gasteiger partial charge in [-0.1, -0.05) is 163 Å². The molecule has 0 saturated carbocycles. The standard InChI is InChI=1S/C20H22BrNOSSi.C20H24N2O3S2Si.C5H4BrNO2S.C4H4BrNOS/c1-20(2,3)25(17-10-6-4-7-11-17,18-12-8-5-9-13-18)23-15-16-14-22-19(21)24-16;1-20(2,3)28(17-10-6-4-7-11-17,18-12-8-5-9-13-18)25-15-16-14-22-19(26-16)27(21,23)24;1-9-4(8)3-2-7-5(6)10-3;5-4-6-1-3(2-7)8-4/h4-14H,15H2,1-3H3;4-14H,15H2,1-3H3,(H2,21,23,24);2H,1H3;1,7H,2H2. The summed E-state index contributed by atoms with van der Waals surface area (Å²) in [5, 5.41) is 18.5. The summed E-state index contributed by atoms with van der Waals surface area (Å²) in [5.74, 6) is -0.344.